The van der Waals surface area contributed by atoms with E-state index in [1.165, 1.54) is 12.3 Å². The van der Waals surface area contributed by atoms with E-state index in [-0.39, 0.29) is 17.5 Å². The van der Waals surface area contributed by atoms with Crippen molar-refractivity contribution in [1.82, 2.24) is 14.9 Å². The number of anilines is 1. The van der Waals surface area contributed by atoms with Crippen molar-refractivity contribution >= 4 is 17.5 Å². The number of hydrogen-bond donors (Lipinski definition) is 1. The molecule has 2 aromatic heterocycles. The Hall–Kier alpha value is -3.54. The standard InChI is InChI=1S/C23H24N4O2/c1-3-18-6-4-5-7-20(18)26-22(28)21-16-19(10-14-25-21)23(29)27(2)15-11-17-8-12-24-13-9-17/h4-10,12-14,16H,3,11,15H2,1-2H3,(H,26,28). The first-order chi connectivity index (χ1) is 14.1. The molecule has 0 unspecified atom stereocenters. The molecule has 0 aliphatic carbocycles. The van der Waals surface area contributed by atoms with Gasteiger partial charge in [-0.05, 0) is 54.3 Å². The molecule has 6 nitrogen and oxygen atoms in total. The SMILES string of the molecule is CCc1ccccc1NC(=O)c1cc(C(=O)N(C)CCc2ccncc2)ccn1. The van der Waals surface area contributed by atoms with Crippen molar-refractivity contribution < 1.29 is 9.59 Å². The minimum Gasteiger partial charge on any atom is -0.341 e. The van der Waals surface area contributed by atoms with Crippen LogP contribution in [0.4, 0.5) is 5.69 Å². The van der Waals surface area contributed by atoms with Gasteiger partial charge >= 0.3 is 0 Å². The Balaban J connectivity index is 1.67. The number of benzene rings is 1. The molecule has 2 heterocycles. The van der Waals surface area contributed by atoms with Crippen LogP contribution in [0.2, 0.25) is 0 Å². The van der Waals surface area contributed by atoms with E-state index in [4.69, 9.17) is 0 Å². The second-order valence-corrected chi connectivity index (χ2v) is 6.73. The van der Waals surface area contributed by atoms with E-state index in [9.17, 15) is 9.59 Å². The molecule has 148 valence electrons. The molecular weight excluding hydrogens is 364 g/mol. The zero-order valence-electron chi connectivity index (χ0n) is 16.6. The van der Waals surface area contributed by atoms with Gasteiger partial charge in [0.25, 0.3) is 11.8 Å². The van der Waals surface area contributed by atoms with E-state index in [0.29, 0.717) is 12.1 Å². The summed E-state index contributed by atoms with van der Waals surface area (Å²) >= 11 is 0. The third-order valence-corrected chi connectivity index (χ3v) is 4.72. The number of aryl methyl sites for hydroxylation is 1. The van der Waals surface area contributed by atoms with Gasteiger partial charge < -0.3 is 10.2 Å². The average molecular weight is 388 g/mol. The van der Waals surface area contributed by atoms with Crippen molar-refractivity contribution in [2.24, 2.45) is 0 Å². The first-order valence-corrected chi connectivity index (χ1v) is 9.58. The van der Waals surface area contributed by atoms with Gasteiger partial charge in [0.1, 0.15) is 5.69 Å². The molecule has 0 atom stereocenters. The second kappa shape index (κ2) is 9.59. The quantitative estimate of drug-likeness (QED) is 0.671. The van der Waals surface area contributed by atoms with Gasteiger partial charge in [-0.1, -0.05) is 25.1 Å². The lowest BCUT2D eigenvalue weighted by molar-refractivity contribution is 0.0796. The van der Waals surface area contributed by atoms with Crippen molar-refractivity contribution in [3.63, 3.8) is 0 Å². The number of pyridine rings is 2. The monoisotopic (exact) mass is 388 g/mol. The number of rotatable bonds is 7. The number of carbonyl (C=O) groups is 2. The fourth-order valence-electron chi connectivity index (χ4n) is 2.99. The summed E-state index contributed by atoms with van der Waals surface area (Å²) in [5.41, 5.74) is 3.57. The first kappa shape index (κ1) is 20.2. The van der Waals surface area contributed by atoms with Crippen LogP contribution >= 0.6 is 0 Å². The summed E-state index contributed by atoms with van der Waals surface area (Å²) in [7, 11) is 1.75. The van der Waals surface area contributed by atoms with Crippen LogP contribution in [0.3, 0.4) is 0 Å². The van der Waals surface area contributed by atoms with Crippen LogP contribution in [0.1, 0.15) is 38.9 Å². The molecular formula is C23H24N4O2. The Labute approximate surface area is 170 Å². The number of nitrogens with zero attached hydrogens (tertiary/aromatic N) is 3. The summed E-state index contributed by atoms with van der Waals surface area (Å²) in [5, 5.41) is 2.89. The second-order valence-electron chi connectivity index (χ2n) is 6.73. The number of carbonyl (C=O) groups excluding carboxylic acids is 2. The van der Waals surface area contributed by atoms with Crippen molar-refractivity contribution in [2.45, 2.75) is 19.8 Å². The molecule has 2 amide bonds. The first-order valence-electron chi connectivity index (χ1n) is 9.58. The predicted octanol–water partition coefficient (Wildman–Crippen LogP) is 3.61. The number of para-hydroxylation sites is 1. The maximum atomic E-state index is 12.8. The van der Waals surface area contributed by atoms with Gasteiger partial charge in [-0.2, -0.15) is 0 Å². The van der Waals surface area contributed by atoms with Gasteiger partial charge in [0.15, 0.2) is 0 Å². The van der Waals surface area contributed by atoms with E-state index in [1.807, 2.05) is 43.3 Å². The third-order valence-electron chi connectivity index (χ3n) is 4.72. The predicted molar refractivity (Wildman–Crippen MR) is 113 cm³/mol. The maximum absolute atomic E-state index is 12.8. The summed E-state index contributed by atoms with van der Waals surface area (Å²) in [6.45, 7) is 2.60. The van der Waals surface area contributed by atoms with Crippen molar-refractivity contribution in [2.75, 3.05) is 18.9 Å². The Morgan fingerprint density at radius 2 is 1.79 bits per heavy atom. The van der Waals surface area contributed by atoms with Crippen LogP contribution in [-0.2, 0) is 12.8 Å². The Morgan fingerprint density at radius 3 is 2.55 bits per heavy atom. The summed E-state index contributed by atoms with van der Waals surface area (Å²) < 4.78 is 0. The Kier molecular flexibility index (Phi) is 6.68. The van der Waals surface area contributed by atoms with Gasteiger partial charge in [0.2, 0.25) is 0 Å². The number of likely N-dealkylation sites (N-methyl/N-ethyl adjacent to an activating group) is 1. The van der Waals surface area contributed by atoms with Gasteiger partial charge in [-0.3, -0.25) is 19.6 Å². The van der Waals surface area contributed by atoms with Crippen LogP contribution in [-0.4, -0.2) is 40.3 Å². The van der Waals surface area contributed by atoms with Gasteiger partial charge in [0, 0.05) is 43.4 Å². The molecule has 3 rings (SSSR count). The molecule has 0 aliphatic heterocycles. The highest BCUT2D eigenvalue weighted by Gasteiger charge is 2.16. The van der Waals surface area contributed by atoms with Crippen molar-refractivity contribution in [3.05, 3.63) is 89.5 Å². The largest absolute Gasteiger partial charge is 0.341 e. The van der Waals surface area contributed by atoms with E-state index in [0.717, 1.165) is 29.7 Å². The summed E-state index contributed by atoms with van der Waals surface area (Å²) in [4.78, 5) is 35.2. The van der Waals surface area contributed by atoms with Crippen LogP contribution < -0.4 is 5.32 Å². The normalized spacial score (nSPS) is 10.4. The lowest BCUT2D eigenvalue weighted by atomic mass is 10.1. The Bertz CT molecular complexity index is 989. The van der Waals surface area contributed by atoms with Crippen LogP contribution in [0.5, 0.6) is 0 Å². The highest BCUT2D eigenvalue weighted by atomic mass is 16.2. The van der Waals surface area contributed by atoms with Gasteiger partial charge in [0.05, 0.1) is 0 Å². The minimum absolute atomic E-state index is 0.149. The van der Waals surface area contributed by atoms with E-state index >= 15 is 0 Å². The van der Waals surface area contributed by atoms with Crippen LogP contribution in [0.15, 0.2) is 67.1 Å². The zero-order chi connectivity index (χ0) is 20.6. The smallest absolute Gasteiger partial charge is 0.274 e. The highest BCUT2D eigenvalue weighted by molar-refractivity contribution is 6.05. The highest BCUT2D eigenvalue weighted by Crippen LogP contribution is 2.16. The lowest BCUT2D eigenvalue weighted by Crippen LogP contribution is -2.29. The number of aromatic nitrogens is 2. The topological polar surface area (TPSA) is 75.2 Å². The molecule has 3 aromatic rings. The molecule has 0 radical (unpaired) electrons. The molecule has 0 spiro atoms. The van der Waals surface area contributed by atoms with Gasteiger partial charge in [-0.25, -0.2) is 0 Å². The fraction of sp³-hybridized carbons (Fsp3) is 0.217. The van der Waals surface area contributed by atoms with Crippen LogP contribution in [0, 0.1) is 0 Å². The van der Waals surface area contributed by atoms with E-state index in [1.54, 1.807) is 30.4 Å². The van der Waals surface area contributed by atoms with Crippen LogP contribution in [0.25, 0.3) is 0 Å². The summed E-state index contributed by atoms with van der Waals surface area (Å²) in [6.07, 6.45) is 6.51. The third kappa shape index (κ3) is 5.25. The molecule has 0 bridgehead atoms. The number of nitrogens with one attached hydrogen (secondary N) is 1. The average Bonchev–Trinajstić information content (AvgIpc) is 2.78. The lowest BCUT2D eigenvalue weighted by Gasteiger charge is -2.17. The van der Waals surface area contributed by atoms with Gasteiger partial charge in [-0.15, -0.1) is 0 Å². The molecule has 1 N–H and O–H groups in total. The summed E-state index contributed by atoms with van der Waals surface area (Å²) in [6, 6.07) is 14.7. The molecule has 0 aliphatic rings. The summed E-state index contributed by atoms with van der Waals surface area (Å²) in [5.74, 6) is -0.482. The number of hydrogen-bond acceptors (Lipinski definition) is 4. The maximum Gasteiger partial charge on any atom is 0.274 e. The molecule has 0 fully saturated rings. The molecule has 6 heteroatoms. The van der Waals surface area contributed by atoms with Crippen molar-refractivity contribution in [1.29, 1.82) is 0 Å². The fourth-order valence-corrected chi connectivity index (χ4v) is 2.99. The molecule has 29 heavy (non-hydrogen) atoms. The molecule has 1 aromatic carbocycles. The van der Waals surface area contributed by atoms with Crippen molar-refractivity contribution in [3.8, 4) is 0 Å². The number of amides is 2. The van der Waals surface area contributed by atoms with E-state index in [2.05, 4.69) is 15.3 Å². The Morgan fingerprint density at radius 1 is 1.03 bits per heavy atom. The minimum atomic E-state index is -0.333. The van der Waals surface area contributed by atoms with E-state index < -0.39 is 0 Å². The zero-order valence-corrected chi connectivity index (χ0v) is 16.6. The molecule has 0 saturated heterocycles. The molecule has 0 saturated carbocycles.